The predicted octanol–water partition coefficient (Wildman–Crippen LogP) is 1.97. The number of unbranched alkanes of at least 4 members (excludes halogenated alkanes) is 1. The number of nitrogens with one attached hydrogen (secondary N) is 1. The maximum absolute atomic E-state index is 11.7. The smallest absolute Gasteiger partial charge is 0.383 e. The first kappa shape index (κ1) is 15.7. The van der Waals surface area contributed by atoms with Gasteiger partial charge in [0.15, 0.2) is 0 Å². The molecule has 0 radical (unpaired) electrons. The van der Waals surface area contributed by atoms with Crippen LogP contribution in [0.25, 0.3) is 0 Å². The number of ether oxygens (including phenoxy) is 2. The van der Waals surface area contributed by atoms with E-state index >= 15 is 0 Å². The second-order valence-electron chi connectivity index (χ2n) is 3.60. The molecule has 0 bridgehead atoms. The lowest BCUT2D eigenvalue weighted by Crippen LogP contribution is -2.29. The second kappa shape index (κ2) is 8.78. The molecule has 0 aromatic heterocycles. The Balaban J connectivity index is 3.32. The van der Waals surface area contributed by atoms with Crippen LogP contribution in [0.1, 0.15) is 19.3 Å². The zero-order chi connectivity index (χ0) is 12.4. The fraction of sp³-hybridized carbons (Fsp3) is 1.00. The van der Waals surface area contributed by atoms with Crippen LogP contribution in [0, 0.1) is 0 Å². The number of halogens is 3. The molecule has 6 heteroatoms. The van der Waals surface area contributed by atoms with Crippen LogP contribution in [0.3, 0.4) is 0 Å². The van der Waals surface area contributed by atoms with Gasteiger partial charge < -0.3 is 14.8 Å². The van der Waals surface area contributed by atoms with Gasteiger partial charge in [-0.2, -0.15) is 13.2 Å². The highest BCUT2D eigenvalue weighted by molar-refractivity contribution is 4.62. The van der Waals surface area contributed by atoms with Crippen molar-refractivity contribution in [1.82, 2.24) is 5.32 Å². The number of methoxy groups -OCH3 is 1. The minimum Gasteiger partial charge on any atom is -0.383 e. The van der Waals surface area contributed by atoms with E-state index in [2.05, 4.69) is 10.1 Å². The SMILES string of the molecule is CNC(CCCCOCC(F)(F)F)COC. The molecule has 0 amide bonds. The molecular weight excluding hydrogens is 223 g/mol. The first-order valence-corrected chi connectivity index (χ1v) is 5.30. The Morgan fingerprint density at radius 2 is 1.94 bits per heavy atom. The molecule has 0 aliphatic rings. The van der Waals surface area contributed by atoms with Crippen molar-refractivity contribution in [2.24, 2.45) is 0 Å². The van der Waals surface area contributed by atoms with Gasteiger partial charge in [0.25, 0.3) is 0 Å². The third-order valence-corrected chi connectivity index (χ3v) is 2.13. The van der Waals surface area contributed by atoms with Crippen LogP contribution in [0.15, 0.2) is 0 Å². The summed E-state index contributed by atoms with van der Waals surface area (Å²) in [5.41, 5.74) is 0. The average Bonchev–Trinajstić information content (AvgIpc) is 2.20. The van der Waals surface area contributed by atoms with Gasteiger partial charge >= 0.3 is 6.18 Å². The van der Waals surface area contributed by atoms with E-state index in [0.29, 0.717) is 13.0 Å². The molecule has 98 valence electrons. The van der Waals surface area contributed by atoms with E-state index in [1.165, 1.54) is 0 Å². The van der Waals surface area contributed by atoms with Crippen molar-refractivity contribution in [1.29, 1.82) is 0 Å². The molecule has 1 unspecified atom stereocenters. The molecule has 0 saturated heterocycles. The molecule has 0 rings (SSSR count). The van der Waals surface area contributed by atoms with Crippen LogP contribution in [-0.2, 0) is 9.47 Å². The molecule has 0 saturated carbocycles. The molecule has 0 fully saturated rings. The number of hydrogen-bond acceptors (Lipinski definition) is 3. The summed E-state index contributed by atoms with van der Waals surface area (Å²) in [5.74, 6) is 0. The zero-order valence-corrected chi connectivity index (χ0v) is 9.77. The number of rotatable bonds is 9. The number of hydrogen-bond donors (Lipinski definition) is 1. The first-order valence-electron chi connectivity index (χ1n) is 5.30. The average molecular weight is 243 g/mol. The lowest BCUT2D eigenvalue weighted by atomic mass is 10.1. The van der Waals surface area contributed by atoms with Crippen molar-refractivity contribution in [3.8, 4) is 0 Å². The van der Waals surface area contributed by atoms with Crippen molar-refractivity contribution < 1.29 is 22.6 Å². The molecule has 0 aromatic carbocycles. The fourth-order valence-electron chi connectivity index (χ4n) is 1.29. The Labute approximate surface area is 94.3 Å². The van der Waals surface area contributed by atoms with E-state index in [-0.39, 0.29) is 12.6 Å². The first-order chi connectivity index (χ1) is 7.49. The van der Waals surface area contributed by atoms with E-state index in [9.17, 15) is 13.2 Å². The summed E-state index contributed by atoms with van der Waals surface area (Å²) >= 11 is 0. The fourth-order valence-corrected chi connectivity index (χ4v) is 1.29. The minimum absolute atomic E-state index is 0.156. The Kier molecular flexibility index (Phi) is 8.60. The molecule has 16 heavy (non-hydrogen) atoms. The quantitative estimate of drug-likeness (QED) is 0.628. The zero-order valence-electron chi connectivity index (χ0n) is 9.77. The topological polar surface area (TPSA) is 30.5 Å². The van der Waals surface area contributed by atoms with Crippen molar-refractivity contribution >= 4 is 0 Å². The molecule has 0 aliphatic carbocycles. The van der Waals surface area contributed by atoms with Crippen molar-refractivity contribution in [3.63, 3.8) is 0 Å². The molecule has 0 spiro atoms. The Morgan fingerprint density at radius 3 is 2.44 bits per heavy atom. The van der Waals surface area contributed by atoms with Gasteiger partial charge in [0.1, 0.15) is 6.61 Å². The molecule has 3 nitrogen and oxygen atoms in total. The van der Waals surface area contributed by atoms with Gasteiger partial charge in [0.2, 0.25) is 0 Å². The summed E-state index contributed by atoms with van der Waals surface area (Å²) < 4.78 is 44.6. The summed E-state index contributed by atoms with van der Waals surface area (Å²) in [4.78, 5) is 0. The summed E-state index contributed by atoms with van der Waals surface area (Å²) in [6, 6.07) is 0.257. The van der Waals surface area contributed by atoms with Gasteiger partial charge in [-0.25, -0.2) is 0 Å². The molecule has 0 aromatic rings. The van der Waals surface area contributed by atoms with Crippen LogP contribution in [0.4, 0.5) is 13.2 Å². The molecular formula is C10H20F3NO2. The van der Waals surface area contributed by atoms with Gasteiger partial charge in [0, 0.05) is 19.8 Å². The summed E-state index contributed by atoms with van der Waals surface area (Å²) in [5, 5.41) is 3.07. The minimum atomic E-state index is -4.22. The third kappa shape index (κ3) is 10.2. The van der Waals surface area contributed by atoms with Crippen LogP contribution in [0.2, 0.25) is 0 Å². The van der Waals surface area contributed by atoms with Crippen molar-refractivity contribution in [2.75, 3.05) is 34.0 Å². The molecule has 1 N–H and O–H groups in total. The third-order valence-electron chi connectivity index (χ3n) is 2.13. The standard InChI is InChI=1S/C10H20F3NO2/c1-14-9(7-15-2)5-3-4-6-16-8-10(11,12)13/h9,14H,3-8H2,1-2H3. The maximum atomic E-state index is 11.7. The van der Waals surface area contributed by atoms with E-state index < -0.39 is 12.8 Å². The van der Waals surface area contributed by atoms with E-state index in [1.54, 1.807) is 7.11 Å². The highest BCUT2D eigenvalue weighted by atomic mass is 19.4. The Hall–Kier alpha value is -0.330. The molecule has 0 heterocycles. The van der Waals surface area contributed by atoms with E-state index in [1.807, 2.05) is 7.05 Å². The summed E-state index contributed by atoms with van der Waals surface area (Å²) in [6.07, 6.45) is -1.88. The Bertz CT molecular complexity index is 165. The normalized spacial score (nSPS) is 14.1. The van der Waals surface area contributed by atoms with Crippen molar-refractivity contribution in [3.05, 3.63) is 0 Å². The van der Waals surface area contributed by atoms with Crippen LogP contribution in [0.5, 0.6) is 0 Å². The van der Waals surface area contributed by atoms with E-state index in [0.717, 1.165) is 12.8 Å². The van der Waals surface area contributed by atoms with E-state index in [4.69, 9.17) is 4.74 Å². The number of alkyl halides is 3. The largest absolute Gasteiger partial charge is 0.411 e. The van der Waals surface area contributed by atoms with Crippen LogP contribution in [-0.4, -0.2) is 46.2 Å². The number of likely N-dealkylation sites (N-methyl/N-ethyl adjacent to an activating group) is 1. The lowest BCUT2D eigenvalue weighted by molar-refractivity contribution is -0.174. The molecule has 0 aliphatic heterocycles. The van der Waals surface area contributed by atoms with Gasteiger partial charge in [-0.3, -0.25) is 0 Å². The monoisotopic (exact) mass is 243 g/mol. The highest BCUT2D eigenvalue weighted by Gasteiger charge is 2.27. The van der Waals surface area contributed by atoms with Gasteiger partial charge in [-0.1, -0.05) is 0 Å². The highest BCUT2D eigenvalue weighted by Crippen LogP contribution is 2.14. The molecule has 1 atom stereocenters. The summed E-state index contributed by atoms with van der Waals surface area (Å²) in [7, 11) is 3.46. The summed E-state index contributed by atoms with van der Waals surface area (Å²) in [6.45, 7) is -0.386. The Morgan fingerprint density at radius 1 is 1.25 bits per heavy atom. The van der Waals surface area contributed by atoms with Gasteiger partial charge in [-0.05, 0) is 26.3 Å². The predicted molar refractivity (Wildman–Crippen MR) is 55.4 cm³/mol. The maximum Gasteiger partial charge on any atom is 0.411 e. The van der Waals surface area contributed by atoms with Gasteiger partial charge in [-0.15, -0.1) is 0 Å². The second-order valence-corrected chi connectivity index (χ2v) is 3.60. The van der Waals surface area contributed by atoms with Crippen LogP contribution < -0.4 is 5.32 Å². The van der Waals surface area contributed by atoms with Crippen LogP contribution >= 0.6 is 0 Å². The van der Waals surface area contributed by atoms with Crippen molar-refractivity contribution in [2.45, 2.75) is 31.5 Å². The lowest BCUT2D eigenvalue weighted by Gasteiger charge is -2.14. The van der Waals surface area contributed by atoms with Gasteiger partial charge in [0.05, 0.1) is 6.61 Å².